The summed E-state index contributed by atoms with van der Waals surface area (Å²) in [5, 5.41) is -1.04. The Bertz CT molecular complexity index is 178. The molecule has 0 nitrogen and oxygen atoms in total. The summed E-state index contributed by atoms with van der Waals surface area (Å²) in [6, 6.07) is 0. The monoisotopic (exact) mass is 252 g/mol. The van der Waals surface area contributed by atoms with Gasteiger partial charge in [-0.3, -0.25) is 0 Å². The minimum atomic E-state index is -0.421. The zero-order valence-electron chi connectivity index (χ0n) is 5.28. The summed E-state index contributed by atoms with van der Waals surface area (Å²) in [4.78, 5) is 0. The Labute approximate surface area is 90.4 Å². The van der Waals surface area contributed by atoms with Crippen molar-refractivity contribution in [3.63, 3.8) is 0 Å². The molecular formula is C6H5Cl5. The topological polar surface area (TPSA) is 0 Å². The minimum absolute atomic E-state index is 0.332. The van der Waals surface area contributed by atoms with E-state index in [2.05, 4.69) is 0 Å². The van der Waals surface area contributed by atoms with Crippen LogP contribution in [0.1, 0.15) is 0 Å². The smallest absolute Gasteiger partial charge is 0.0867 e. The fourth-order valence-corrected chi connectivity index (χ4v) is 2.41. The molecule has 0 spiro atoms. The number of rotatable bonds is 0. The van der Waals surface area contributed by atoms with Gasteiger partial charge in [-0.25, -0.2) is 0 Å². The molecule has 0 saturated carbocycles. The van der Waals surface area contributed by atoms with Gasteiger partial charge >= 0.3 is 0 Å². The molecule has 0 aliphatic heterocycles. The van der Waals surface area contributed by atoms with Gasteiger partial charge in [0.1, 0.15) is 0 Å². The molecule has 0 amide bonds. The zero-order valence-corrected chi connectivity index (χ0v) is 9.06. The molecular weight excluding hydrogens is 249 g/mol. The molecule has 0 heterocycles. The predicted molar refractivity (Wildman–Crippen MR) is 52.5 cm³/mol. The molecule has 11 heavy (non-hydrogen) atoms. The molecule has 0 aromatic rings. The molecule has 64 valence electrons. The quantitative estimate of drug-likeness (QED) is 0.580. The van der Waals surface area contributed by atoms with Crippen molar-refractivity contribution in [2.45, 2.75) is 21.5 Å². The third kappa shape index (κ3) is 2.10. The highest BCUT2D eigenvalue weighted by molar-refractivity contribution is 6.44. The van der Waals surface area contributed by atoms with E-state index in [4.69, 9.17) is 58.0 Å². The lowest BCUT2D eigenvalue weighted by atomic mass is 10.1. The van der Waals surface area contributed by atoms with Gasteiger partial charge in [-0.2, -0.15) is 0 Å². The summed E-state index contributed by atoms with van der Waals surface area (Å²) < 4.78 is 0. The van der Waals surface area contributed by atoms with Crippen molar-refractivity contribution in [3.05, 3.63) is 11.1 Å². The maximum Gasteiger partial charge on any atom is 0.0867 e. The van der Waals surface area contributed by atoms with Crippen LogP contribution in [-0.4, -0.2) is 21.5 Å². The standard InChI is InChI=1S/C6H5Cl5/c7-2-1-3(8)5(10)6(11)4(2)9/h1-2,4-6H/t2-,4+,5+,6+/m1/s1. The third-order valence-corrected chi connectivity index (χ3v) is 4.30. The first kappa shape index (κ1) is 10.3. The van der Waals surface area contributed by atoms with Gasteiger partial charge in [-0.1, -0.05) is 11.6 Å². The highest BCUT2D eigenvalue weighted by atomic mass is 35.5. The molecule has 4 atom stereocenters. The number of allylic oxidation sites excluding steroid dienone is 2. The summed E-state index contributed by atoms with van der Waals surface area (Å²) in [5.41, 5.74) is 0. The Morgan fingerprint density at radius 2 is 1.55 bits per heavy atom. The van der Waals surface area contributed by atoms with E-state index in [0.717, 1.165) is 0 Å². The van der Waals surface area contributed by atoms with Gasteiger partial charge in [0.25, 0.3) is 0 Å². The van der Waals surface area contributed by atoms with Gasteiger partial charge in [0, 0.05) is 5.03 Å². The summed E-state index contributed by atoms with van der Waals surface area (Å²) >= 11 is 29.0. The molecule has 0 bridgehead atoms. The number of hydrogen-bond acceptors (Lipinski definition) is 0. The molecule has 0 aromatic heterocycles. The molecule has 1 aliphatic carbocycles. The van der Waals surface area contributed by atoms with E-state index in [1.54, 1.807) is 6.08 Å². The first-order valence-electron chi connectivity index (χ1n) is 2.97. The Morgan fingerprint density at radius 3 is 2.09 bits per heavy atom. The average Bonchev–Trinajstić information content (AvgIpc) is 1.97. The van der Waals surface area contributed by atoms with Crippen LogP contribution in [-0.2, 0) is 0 Å². The first-order chi connectivity index (χ1) is 5.04. The predicted octanol–water partition coefficient (Wildman–Crippen LogP) is 3.55. The molecule has 5 heteroatoms. The Kier molecular flexibility index (Phi) is 3.67. The highest BCUT2D eigenvalue weighted by Gasteiger charge is 2.35. The van der Waals surface area contributed by atoms with Crippen molar-refractivity contribution in [3.8, 4) is 0 Å². The van der Waals surface area contributed by atoms with Crippen LogP contribution < -0.4 is 0 Å². The summed E-state index contributed by atoms with van der Waals surface area (Å²) in [6.07, 6.45) is 1.62. The van der Waals surface area contributed by atoms with Crippen molar-refractivity contribution in [1.29, 1.82) is 0 Å². The van der Waals surface area contributed by atoms with Crippen LogP contribution >= 0.6 is 58.0 Å². The second-order valence-electron chi connectivity index (χ2n) is 2.29. The molecule has 0 fully saturated rings. The lowest BCUT2D eigenvalue weighted by molar-refractivity contribution is 0.751. The van der Waals surface area contributed by atoms with Gasteiger partial charge in [-0.15, -0.1) is 46.4 Å². The summed E-state index contributed by atoms with van der Waals surface area (Å²) in [6.45, 7) is 0. The normalized spacial score (nSPS) is 45.4. The van der Waals surface area contributed by atoms with Crippen LogP contribution in [0, 0.1) is 0 Å². The van der Waals surface area contributed by atoms with Crippen LogP contribution in [0.2, 0.25) is 0 Å². The van der Waals surface area contributed by atoms with Crippen LogP contribution in [0.15, 0.2) is 11.1 Å². The van der Waals surface area contributed by atoms with Crippen molar-refractivity contribution < 1.29 is 0 Å². The van der Waals surface area contributed by atoms with E-state index < -0.39 is 10.8 Å². The molecule has 0 N–H and O–H groups in total. The van der Waals surface area contributed by atoms with Crippen molar-refractivity contribution >= 4 is 58.0 Å². The van der Waals surface area contributed by atoms with Gasteiger partial charge < -0.3 is 0 Å². The van der Waals surface area contributed by atoms with E-state index in [1.807, 2.05) is 0 Å². The second kappa shape index (κ2) is 3.93. The van der Waals surface area contributed by atoms with Crippen molar-refractivity contribution in [2.75, 3.05) is 0 Å². The molecule has 0 radical (unpaired) electrons. The van der Waals surface area contributed by atoms with Crippen molar-refractivity contribution in [1.82, 2.24) is 0 Å². The van der Waals surface area contributed by atoms with Crippen LogP contribution in [0.3, 0.4) is 0 Å². The summed E-state index contributed by atoms with van der Waals surface area (Å²) in [5.74, 6) is 0. The van der Waals surface area contributed by atoms with Gasteiger partial charge in [0.15, 0.2) is 0 Å². The Hall–Kier alpha value is 1.19. The number of hydrogen-bond donors (Lipinski definition) is 0. The number of halogens is 5. The van der Waals surface area contributed by atoms with E-state index in [9.17, 15) is 0 Å². The van der Waals surface area contributed by atoms with Crippen LogP contribution in [0.5, 0.6) is 0 Å². The Balaban J connectivity index is 2.83. The average molecular weight is 254 g/mol. The molecule has 0 saturated heterocycles. The maximum atomic E-state index is 5.83. The van der Waals surface area contributed by atoms with Crippen LogP contribution in [0.4, 0.5) is 0 Å². The SMILES string of the molecule is ClC1=C[C@@H](Cl)[C@H](Cl)[C@H](Cl)[C@H]1Cl. The largest absolute Gasteiger partial charge is 0.119 e. The molecule has 0 unspecified atom stereocenters. The Morgan fingerprint density at radius 1 is 1.00 bits per heavy atom. The van der Waals surface area contributed by atoms with E-state index in [-0.39, 0.29) is 10.8 Å². The number of alkyl halides is 4. The lowest BCUT2D eigenvalue weighted by Crippen LogP contribution is -2.36. The molecule has 0 aromatic carbocycles. The van der Waals surface area contributed by atoms with Crippen molar-refractivity contribution in [2.24, 2.45) is 0 Å². The van der Waals surface area contributed by atoms with E-state index in [0.29, 0.717) is 5.03 Å². The maximum absolute atomic E-state index is 5.83. The second-order valence-corrected chi connectivity index (χ2v) is 4.71. The van der Waals surface area contributed by atoms with Gasteiger partial charge in [0.2, 0.25) is 0 Å². The van der Waals surface area contributed by atoms with Gasteiger partial charge in [-0.05, 0) is 6.08 Å². The minimum Gasteiger partial charge on any atom is -0.119 e. The zero-order chi connectivity index (χ0) is 8.59. The molecule has 1 aliphatic rings. The third-order valence-electron chi connectivity index (χ3n) is 1.47. The van der Waals surface area contributed by atoms with E-state index in [1.165, 1.54) is 0 Å². The van der Waals surface area contributed by atoms with Gasteiger partial charge in [0.05, 0.1) is 21.5 Å². The molecule has 1 rings (SSSR count). The first-order valence-corrected chi connectivity index (χ1v) is 5.10. The fraction of sp³-hybridized carbons (Fsp3) is 0.667. The highest BCUT2D eigenvalue weighted by Crippen LogP contribution is 2.35. The fourth-order valence-electron chi connectivity index (χ4n) is 0.825. The lowest BCUT2D eigenvalue weighted by Gasteiger charge is -2.27. The van der Waals surface area contributed by atoms with E-state index >= 15 is 0 Å². The summed E-state index contributed by atoms with van der Waals surface area (Å²) in [7, 11) is 0. The van der Waals surface area contributed by atoms with Crippen LogP contribution in [0.25, 0.3) is 0 Å².